The van der Waals surface area contributed by atoms with Gasteiger partial charge in [0.15, 0.2) is 0 Å². The Morgan fingerprint density at radius 2 is 1.24 bits per heavy atom. The predicted molar refractivity (Wildman–Crippen MR) is 118 cm³/mol. The number of benzene rings is 4. The van der Waals surface area contributed by atoms with Crippen molar-refractivity contribution in [3.63, 3.8) is 0 Å². The third-order valence-corrected chi connectivity index (χ3v) is 5.98. The lowest BCUT2D eigenvalue weighted by Gasteiger charge is -2.17. The number of phenolic OH excluding ortho intramolecular Hbond substituents is 2. The SMILES string of the molecule is Cc1cc(-c2ccc3c(c2-c2ccc(O)c(C)c2)Cc2ccccc2-3)ccc1O. The smallest absolute Gasteiger partial charge is 0.118 e. The van der Waals surface area contributed by atoms with E-state index in [0.29, 0.717) is 11.5 Å². The molecule has 0 atom stereocenters. The van der Waals surface area contributed by atoms with Gasteiger partial charge in [-0.2, -0.15) is 0 Å². The fourth-order valence-corrected chi connectivity index (χ4v) is 4.42. The van der Waals surface area contributed by atoms with E-state index in [1.54, 1.807) is 12.1 Å². The van der Waals surface area contributed by atoms with Crippen molar-refractivity contribution in [2.75, 3.05) is 0 Å². The van der Waals surface area contributed by atoms with Gasteiger partial charge in [-0.15, -0.1) is 0 Å². The maximum Gasteiger partial charge on any atom is 0.118 e. The highest BCUT2D eigenvalue weighted by Gasteiger charge is 2.24. The molecule has 0 saturated heterocycles. The van der Waals surface area contributed by atoms with Crippen molar-refractivity contribution < 1.29 is 10.2 Å². The van der Waals surface area contributed by atoms with Crippen molar-refractivity contribution in [2.45, 2.75) is 20.3 Å². The zero-order valence-electron chi connectivity index (χ0n) is 16.5. The topological polar surface area (TPSA) is 40.5 Å². The molecule has 0 saturated carbocycles. The summed E-state index contributed by atoms with van der Waals surface area (Å²) in [5.41, 5.74) is 11.5. The summed E-state index contributed by atoms with van der Waals surface area (Å²) in [5.74, 6) is 0.621. The van der Waals surface area contributed by atoms with Crippen LogP contribution in [0.15, 0.2) is 72.8 Å². The van der Waals surface area contributed by atoms with E-state index in [0.717, 1.165) is 34.2 Å². The monoisotopic (exact) mass is 378 g/mol. The van der Waals surface area contributed by atoms with Crippen LogP contribution in [-0.2, 0) is 6.42 Å². The summed E-state index contributed by atoms with van der Waals surface area (Å²) in [4.78, 5) is 0. The molecule has 0 spiro atoms. The minimum atomic E-state index is 0.310. The Bertz CT molecular complexity index is 1270. The van der Waals surface area contributed by atoms with Gasteiger partial charge < -0.3 is 10.2 Å². The van der Waals surface area contributed by atoms with Gasteiger partial charge in [-0.1, -0.05) is 48.5 Å². The first kappa shape index (κ1) is 17.6. The second kappa shape index (κ2) is 6.52. The van der Waals surface area contributed by atoms with E-state index in [1.807, 2.05) is 32.0 Å². The van der Waals surface area contributed by atoms with E-state index < -0.39 is 0 Å². The molecule has 0 heterocycles. The first-order valence-electron chi connectivity index (χ1n) is 9.87. The average Bonchev–Trinajstić information content (AvgIpc) is 3.10. The Labute approximate surface area is 170 Å². The van der Waals surface area contributed by atoms with Gasteiger partial charge in [0.05, 0.1) is 0 Å². The molecule has 5 rings (SSSR count). The Morgan fingerprint density at radius 1 is 0.621 bits per heavy atom. The van der Waals surface area contributed by atoms with Crippen LogP contribution in [0.25, 0.3) is 33.4 Å². The fourth-order valence-electron chi connectivity index (χ4n) is 4.42. The number of aryl methyl sites for hydroxylation is 2. The van der Waals surface area contributed by atoms with Crippen LogP contribution in [0.3, 0.4) is 0 Å². The molecule has 2 nitrogen and oxygen atoms in total. The molecule has 2 heteroatoms. The van der Waals surface area contributed by atoms with Crippen molar-refractivity contribution in [3.8, 4) is 44.9 Å². The maximum atomic E-state index is 10.1. The van der Waals surface area contributed by atoms with Crippen LogP contribution >= 0.6 is 0 Å². The Morgan fingerprint density at radius 3 is 1.97 bits per heavy atom. The molecular formula is C27H22O2. The quantitative estimate of drug-likeness (QED) is 0.362. The van der Waals surface area contributed by atoms with Gasteiger partial charge in [-0.25, -0.2) is 0 Å². The molecule has 0 radical (unpaired) electrons. The number of hydrogen-bond acceptors (Lipinski definition) is 2. The van der Waals surface area contributed by atoms with Crippen molar-refractivity contribution in [2.24, 2.45) is 0 Å². The number of rotatable bonds is 2. The zero-order valence-corrected chi connectivity index (χ0v) is 16.5. The molecule has 2 N–H and O–H groups in total. The lowest BCUT2D eigenvalue weighted by atomic mass is 9.87. The van der Waals surface area contributed by atoms with Gasteiger partial charge in [0.25, 0.3) is 0 Å². The van der Waals surface area contributed by atoms with E-state index >= 15 is 0 Å². The van der Waals surface area contributed by atoms with Crippen molar-refractivity contribution >= 4 is 0 Å². The van der Waals surface area contributed by atoms with Crippen LogP contribution in [0.5, 0.6) is 11.5 Å². The van der Waals surface area contributed by atoms with Crippen LogP contribution in [0, 0.1) is 13.8 Å². The third-order valence-electron chi connectivity index (χ3n) is 5.98. The van der Waals surface area contributed by atoms with Gasteiger partial charge in [0.2, 0.25) is 0 Å². The van der Waals surface area contributed by atoms with Crippen molar-refractivity contribution in [3.05, 3.63) is 95.1 Å². The van der Waals surface area contributed by atoms with E-state index in [2.05, 4.69) is 42.5 Å². The van der Waals surface area contributed by atoms with Crippen LogP contribution in [0.2, 0.25) is 0 Å². The molecule has 0 fully saturated rings. The largest absolute Gasteiger partial charge is 0.508 e. The van der Waals surface area contributed by atoms with Crippen LogP contribution < -0.4 is 0 Å². The predicted octanol–water partition coefficient (Wildman–Crippen LogP) is 6.62. The average molecular weight is 378 g/mol. The van der Waals surface area contributed by atoms with E-state index in [9.17, 15) is 10.2 Å². The molecular weight excluding hydrogens is 356 g/mol. The zero-order chi connectivity index (χ0) is 20.1. The van der Waals surface area contributed by atoms with Gasteiger partial charge in [-0.3, -0.25) is 0 Å². The highest BCUT2D eigenvalue weighted by molar-refractivity contribution is 5.94. The molecule has 0 amide bonds. The normalized spacial score (nSPS) is 11.9. The third kappa shape index (κ3) is 2.80. The van der Waals surface area contributed by atoms with Crippen LogP contribution in [0.4, 0.5) is 0 Å². The van der Waals surface area contributed by atoms with Gasteiger partial charge in [0, 0.05) is 0 Å². The summed E-state index contributed by atoms with van der Waals surface area (Å²) >= 11 is 0. The molecule has 1 aliphatic carbocycles. The first-order chi connectivity index (χ1) is 14.0. The second-order valence-electron chi connectivity index (χ2n) is 7.85. The summed E-state index contributed by atoms with van der Waals surface area (Å²) < 4.78 is 0. The Kier molecular flexibility index (Phi) is 3.95. The number of phenols is 2. The highest BCUT2D eigenvalue weighted by atomic mass is 16.3. The van der Waals surface area contributed by atoms with Gasteiger partial charge in [0.1, 0.15) is 11.5 Å². The number of fused-ring (bicyclic) bond motifs is 3. The second-order valence-corrected chi connectivity index (χ2v) is 7.85. The maximum absolute atomic E-state index is 10.1. The molecule has 0 aliphatic heterocycles. The molecule has 0 bridgehead atoms. The lowest BCUT2D eigenvalue weighted by Crippen LogP contribution is -1.94. The molecule has 4 aromatic carbocycles. The van der Waals surface area contributed by atoms with Crippen LogP contribution in [-0.4, -0.2) is 10.2 Å². The summed E-state index contributed by atoms with van der Waals surface area (Å²) in [6.45, 7) is 3.85. The highest BCUT2D eigenvalue weighted by Crippen LogP contribution is 2.46. The van der Waals surface area contributed by atoms with Crippen molar-refractivity contribution in [1.82, 2.24) is 0 Å². The lowest BCUT2D eigenvalue weighted by molar-refractivity contribution is 0.470. The summed E-state index contributed by atoms with van der Waals surface area (Å²) in [6, 6.07) is 24.6. The van der Waals surface area contributed by atoms with Crippen LogP contribution in [0.1, 0.15) is 22.3 Å². The van der Waals surface area contributed by atoms with Gasteiger partial charge in [-0.05, 0) is 100 Å². The molecule has 0 unspecified atom stereocenters. The Balaban J connectivity index is 1.81. The summed E-state index contributed by atoms with van der Waals surface area (Å²) in [6.07, 6.45) is 0.895. The number of hydrogen-bond donors (Lipinski definition) is 2. The van der Waals surface area contributed by atoms with Gasteiger partial charge >= 0.3 is 0 Å². The molecule has 1 aliphatic rings. The summed E-state index contributed by atoms with van der Waals surface area (Å²) in [7, 11) is 0. The molecule has 142 valence electrons. The van der Waals surface area contributed by atoms with E-state index in [-0.39, 0.29) is 0 Å². The number of aromatic hydroxyl groups is 2. The minimum Gasteiger partial charge on any atom is -0.508 e. The molecule has 0 aromatic heterocycles. The molecule has 29 heavy (non-hydrogen) atoms. The Hall–Kier alpha value is -3.52. The minimum absolute atomic E-state index is 0.310. The molecule has 4 aromatic rings. The van der Waals surface area contributed by atoms with E-state index in [4.69, 9.17) is 0 Å². The standard InChI is InChI=1S/C27H22O2/c1-16-13-19(7-11-25(16)28)22-9-10-23-21-6-4-3-5-18(21)15-24(23)27(22)20-8-12-26(29)17(2)14-20/h3-14,28-29H,15H2,1-2H3. The van der Waals surface area contributed by atoms with Crippen molar-refractivity contribution in [1.29, 1.82) is 0 Å². The van der Waals surface area contributed by atoms with E-state index in [1.165, 1.54) is 27.8 Å². The fraction of sp³-hybridized carbons (Fsp3) is 0.111. The first-order valence-corrected chi connectivity index (χ1v) is 9.87. The summed E-state index contributed by atoms with van der Waals surface area (Å²) in [5, 5.41) is 20.0.